The zero-order valence-electron chi connectivity index (χ0n) is 23.4. The summed E-state index contributed by atoms with van der Waals surface area (Å²) in [4.78, 5) is 0. The summed E-state index contributed by atoms with van der Waals surface area (Å²) in [6.07, 6.45) is 0.00872. The quantitative estimate of drug-likeness (QED) is 0.189. The van der Waals surface area contributed by atoms with Crippen LogP contribution in [0.2, 0.25) is 0 Å². The third-order valence-electron chi connectivity index (χ3n) is 7.54. The van der Waals surface area contributed by atoms with Gasteiger partial charge in [-0.05, 0) is 44.8 Å². The van der Waals surface area contributed by atoms with E-state index in [9.17, 15) is 0 Å². The topological polar surface area (TPSA) is 44.7 Å². The maximum Gasteiger partial charge on any atom is 0.213 e. The van der Waals surface area contributed by atoms with Gasteiger partial charge in [-0.25, -0.2) is 0 Å². The largest absolute Gasteiger partial charge is 0.419 e. The van der Waals surface area contributed by atoms with Crippen LogP contribution in [0.15, 0.2) is 142 Å². The van der Waals surface area contributed by atoms with Crippen LogP contribution in [-0.2, 0) is 15.7 Å². The summed E-state index contributed by atoms with van der Waals surface area (Å²) in [7, 11) is -1.79. The molecule has 7 aromatic rings. The molecule has 2 unspecified atom stereocenters. The van der Waals surface area contributed by atoms with Crippen molar-refractivity contribution in [3.05, 3.63) is 145 Å². The molecule has 1 aliphatic heterocycles. The molecule has 1 saturated heterocycles. The number of hydrogen-bond donors (Lipinski definition) is 0. The predicted octanol–water partition coefficient (Wildman–Crippen LogP) is 11.6. The van der Waals surface area contributed by atoms with Crippen LogP contribution in [0.25, 0.3) is 43.5 Å². The van der Waals surface area contributed by atoms with Gasteiger partial charge in [-0.3, -0.25) is 0 Å². The van der Waals surface area contributed by atoms with E-state index in [1.54, 1.807) is 0 Å². The molecule has 0 aliphatic carbocycles. The van der Waals surface area contributed by atoms with Gasteiger partial charge in [0, 0.05) is 24.1 Å². The molecule has 0 bridgehead atoms. The van der Waals surface area contributed by atoms with Crippen molar-refractivity contribution in [1.82, 2.24) is 0 Å². The number of aryl methyl sites for hydroxylation is 1. The Morgan fingerprint density at radius 3 is 1.31 bits per heavy atom. The second-order valence-corrected chi connectivity index (χ2v) is 12.8. The molecule has 6 aromatic carbocycles. The van der Waals surface area contributed by atoms with Crippen LogP contribution in [0.5, 0.6) is 0 Å². The first-order valence-electron chi connectivity index (χ1n) is 14.0. The minimum atomic E-state index is -1.00. The summed E-state index contributed by atoms with van der Waals surface area (Å²) in [6, 6.07) is 45.8. The van der Waals surface area contributed by atoms with E-state index in [2.05, 4.69) is 97.1 Å². The first kappa shape index (κ1) is 27.0. The SMILES string of the molecule is CP1OC(c2ccccc2)C(c2ccccc2)O1.Cp1oc2ccc3ccccc3c2c2c(ccc3ccccc32)o1. The van der Waals surface area contributed by atoms with E-state index in [0.29, 0.717) is 0 Å². The van der Waals surface area contributed by atoms with E-state index in [0.717, 1.165) is 21.9 Å². The van der Waals surface area contributed by atoms with Gasteiger partial charge < -0.3 is 17.4 Å². The lowest BCUT2D eigenvalue weighted by atomic mass is 9.99. The minimum Gasteiger partial charge on any atom is -0.419 e. The van der Waals surface area contributed by atoms with Crippen molar-refractivity contribution in [3.63, 3.8) is 0 Å². The van der Waals surface area contributed by atoms with Crippen molar-refractivity contribution < 1.29 is 17.4 Å². The van der Waals surface area contributed by atoms with E-state index in [-0.39, 0.29) is 12.2 Å². The summed E-state index contributed by atoms with van der Waals surface area (Å²) < 4.78 is 24.2. The highest BCUT2D eigenvalue weighted by Crippen LogP contribution is 2.57. The van der Waals surface area contributed by atoms with E-state index in [1.165, 1.54) is 32.7 Å². The van der Waals surface area contributed by atoms with Crippen LogP contribution in [0.4, 0.5) is 0 Å². The van der Waals surface area contributed by atoms with Crippen LogP contribution in [0.1, 0.15) is 23.3 Å². The number of benzene rings is 6. The van der Waals surface area contributed by atoms with Crippen LogP contribution in [0, 0.1) is 0 Å². The van der Waals surface area contributed by atoms with Gasteiger partial charge in [0.05, 0.1) is 0 Å². The molecule has 0 spiro atoms. The maximum absolute atomic E-state index is 6.14. The van der Waals surface area contributed by atoms with Gasteiger partial charge in [-0.15, -0.1) is 0 Å². The third kappa shape index (κ3) is 5.24. The van der Waals surface area contributed by atoms with Crippen LogP contribution < -0.4 is 0 Å². The fraction of sp³-hybridized carbons (Fsp3) is 0.111. The van der Waals surface area contributed by atoms with Crippen molar-refractivity contribution in [2.24, 2.45) is 6.66 Å². The summed E-state index contributed by atoms with van der Waals surface area (Å²) in [6.45, 7) is 4.01. The standard InChI is InChI=1S/C21H15O2P.C15H15O2P/c1-24-22-18-12-10-14-6-2-4-8-16(14)20(18)21-17-9-5-3-7-15(17)11-13-19(21)23-24;1-18-16-14(12-8-4-2-5-9-12)15(17-18)13-10-6-3-7-11-13/h2-13H,1H3;2-11,14-15H,1H3. The molecule has 1 fully saturated rings. The number of hydrogen-bond acceptors (Lipinski definition) is 4. The minimum absolute atomic E-state index is 0.00436. The predicted molar refractivity (Wildman–Crippen MR) is 176 cm³/mol. The molecule has 1 aromatic heterocycles. The highest BCUT2D eigenvalue weighted by molar-refractivity contribution is 7.46. The maximum atomic E-state index is 6.14. The van der Waals surface area contributed by atoms with Gasteiger partial charge in [0.15, 0.2) is 8.38 Å². The zero-order valence-corrected chi connectivity index (χ0v) is 25.2. The monoisotopic (exact) mass is 588 g/mol. The van der Waals surface area contributed by atoms with Crippen molar-refractivity contribution in [2.75, 3.05) is 6.66 Å². The Balaban J connectivity index is 0.000000143. The smallest absolute Gasteiger partial charge is 0.213 e. The fourth-order valence-corrected chi connectivity index (χ4v) is 7.73. The van der Waals surface area contributed by atoms with Crippen molar-refractivity contribution in [2.45, 2.75) is 12.2 Å². The second kappa shape index (κ2) is 11.8. The van der Waals surface area contributed by atoms with Gasteiger partial charge in [0.1, 0.15) is 23.4 Å². The van der Waals surface area contributed by atoms with E-state index < -0.39 is 16.4 Å². The summed E-state index contributed by atoms with van der Waals surface area (Å²) in [5.74, 6) is 0. The molecule has 0 radical (unpaired) electrons. The summed E-state index contributed by atoms with van der Waals surface area (Å²) in [5.41, 5.74) is 4.16. The lowest BCUT2D eigenvalue weighted by Gasteiger charge is -2.16. The van der Waals surface area contributed by atoms with E-state index in [1.807, 2.05) is 49.7 Å². The lowest BCUT2D eigenvalue weighted by Crippen LogP contribution is -2.06. The molecule has 0 N–H and O–H groups in total. The van der Waals surface area contributed by atoms with Gasteiger partial charge in [-0.1, -0.05) is 121 Å². The van der Waals surface area contributed by atoms with Crippen LogP contribution in [-0.4, -0.2) is 6.66 Å². The van der Waals surface area contributed by atoms with Crippen LogP contribution in [0.3, 0.4) is 0 Å². The van der Waals surface area contributed by atoms with Gasteiger partial charge in [-0.2, -0.15) is 0 Å². The van der Waals surface area contributed by atoms with Gasteiger partial charge in [0.25, 0.3) is 0 Å². The van der Waals surface area contributed by atoms with E-state index in [4.69, 9.17) is 17.4 Å². The highest BCUT2D eigenvalue weighted by atomic mass is 31.2. The normalized spacial score (nSPS) is 18.3. The fourth-order valence-electron chi connectivity index (χ4n) is 5.68. The molecule has 1 aliphatic rings. The highest BCUT2D eigenvalue weighted by Gasteiger charge is 2.36. The molecule has 6 heteroatoms. The first-order valence-corrected chi connectivity index (χ1v) is 17.2. The second-order valence-electron chi connectivity index (χ2n) is 10.3. The molecular weight excluding hydrogens is 558 g/mol. The van der Waals surface area contributed by atoms with Crippen molar-refractivity contribution in [1.29, 1.82) is 0 Å². The first-order chi connectivity index (χ1) is 20.7. The number of rotatable bonds is 2. The molecule has 42 heavy (non-hydrogen) atoms. The Kier molecular flexibility index (Phi) is 7.55. The molecule has 0 amide bonds. The molecular formula is C36H30O4P2. The lowest BCUT2D eigenvalue weighted by molar-refractivity contribution is 0.159. The molecule has 8 rings (SSSR count). The Morgan fingerprint density at radius 1 is 0.452 bits per heavy atom. The average molecular weight is 589 g/mol. The van der Waals surface area contributed by atoms with E-state index >= 15 is 0 Å². The average Bonchev–Trinajstić information content (AvgIpc) is 3.36. The molecule has 2 atom stereocenters. The van der Waals surface area contributed by atoms with Crippen molar-refractivity contribution in [3.8, 4) is 0 Å². The molecule has 208 valence electrons. The molecule has 4 nitrogen and oxygen atoms in total. The molecule has 2 heterocycles. The summed E-state index contributed by atoms with van der Waals surface area (Å²) in [5, 5.41) is 7.07. The Bertz CT molecular complexity index is 1900. The van der Waals surface area contributed by atoms with Gasteiger partial charge in [0.2, 0.25) is 8.01 Å². The third-order valence-corrected chi connectivity index (χ3v) is 9.50. The van der Waals surface area contributed by atoms with Crippen LogP contribution >= 0.6 is 16.4 Å². The van der Waals surface area contributed by atoms with Gasteiger partial charge >= 0.3 is 0 Å². The van der Waals surface area contributed by atoms with Crippen molar-refractivity contribution >= 4 is 59.9 Å². The Labute approximate surface area is 247 Å². The molecule has 0 saturated carbocycles. The number of fused-ring (bicyclic) bond motifs is 7. The Morgan fingerprint density at radius 2 is 0.857 bits per heavy atom. The zero-order chi connectivity index (χ0) is 28.5. The summed E-state index contributed by atoms with van der Waals surface area (Å²) >= 11 is 0. The Hall–Kier alpha value is -3.91.